The number of anilines is 1. The molecule has 0 saturated carbocycles. The number of carbonyl (C=O) groups is 3. The summed E-state index contributed by atoms with van der Waals surface area (Å²) in [4.78, 5) is 37.7. The van der Waals surface area contributed by atoms with Crippen LogP contribution in [-0.2, 0) is 27.3 Å². The average molecular weight is 657 g/mol. The molecular formula is C25H26F4HoN3O3-. The second-order valence-electron chi connectivity index (χ2n) is 8.30. The number of rotatable bonds is 8. The summed E-state index contributed by atoms with van der Waals surface area (Å²) in [7, 11) is 0. The van der Waals surface area contributed by atoms with Crippen molar-refractivity contribution >= 4 is 23.4 Å². The molecular weight excluding hydrogens is 631 g/mol. The average Bonchev–Trinajstić information content (AvgIpc) is 3.24. The summed E-state index contributed by atoms with van der Waals surface area (Å²) in [6, 6.07) is 7.87. The van der Waals surface area contributed by atoms with Crippen molar-refractivity contribution in [2.75, 3.05) is 11.9 Å². The van der Waals surface area contributed by atoms with Crippen LogP contribution >= 0.6 is 0 Å². The van der Waals surface area contributed by atoms with Crippen molar-refractivity contribution in [2.45, 2.75) is 51.9 Å². The summed E-state index contributed by atoms with van der Waals surface area (Å²) in [6.07, 6.45) is -3.39. The van der Waals surface area contributed by atoms with Crippen LogP contribution in [0.25, 0.3) is 0 Å². The van der Waals surface area contributed by atoms with E-state index in [0.29, 0.717) is 46.9 Å². The molecule has 0 bridgehead atoms. The zero-order valence-corrected chi connectivity index (χ0v) is 21.6. The van der Waals surface area contributed by atoms with E-state index in [-0.39, 0.29) is 50.2 Å². The Balaban J connectivity index is 0.00000456. The number of fused-ring (bicyclic) bond motifs is 1. The van der Waals surface area contributed by atoms with Crippen LogP contribution in [0, 0.1) is 49.5 Å². The molecule has 0 spiro atoms. The number of hydrogen-bond donors (Lipinski definition) is 2. The number of alkyl halides is 3. The van der Waals surface area contributed by atoms with Crippen LogP contribution in [0.15, 0.2) is 42.5 Å². The molecule has 3 rings (SSSR count). The third-order valence-corrected chi connectivity index (χ3v) is 5.88. The van der Waals surface area contributed by atoms with Crippen molar-refractivity contribution in [3.8, 4) is 0 Å². The van der Waals surface area contributed by atoms with Gasteiger partial charge >= 0.3 is 6.18 Å². The van der Waals surface area contributed by atoms with Crippen LogP contribution in [0.4, 0.5) is 23.2 Å². The van der Waals surface area contributed by atoms with Crippen molar-refractivity contribution in [3.05, 3.63) is 70.9 Å². The number of nitrogens with zero attached hydrogens (tertiary/aromatic N) is 1. The molecule has 0 saturated heterocycles. The van der Waals surface area contributed by atoms with Gasteiger partial charge in [0.1, 0.15) is 11.9 Å². The number of amides is 3. The second kappa shape index (κ2) is 12.8. The van der Waals surface area contributed by atoms with Gasteiger partial charge in [0.2, 0.25) is 11.8 Å². The van der Waals surface area contributed by atoms with E-state index in [1.807, 2.05) is 0 Å². The maximum absolute atomic E-state index is 13.4. The van der Waals surface area contributed by atoms with Crippen molar-refractivity contribution in [2.24, 2.45) is 0 Å². The van der Waals surface area contributed by atoms with Gasteiger partial charge in [-0.25, -0.2) is 4.39 Å². The van der Waals surface area contributed by atoms with E-state index in [2.05, 4.69) is 10.6 Å². The van der Waals surface area contributed by atoms with E-state index in [1.54, 1.807) is 25.1 Å². The van der Waals surface area contributed by atoms with Gasteiger partial charge in [-0.15, -0.1) is 5.56 Å². The molecule has 0 fully saturated rings. The van der Waals surface area contributed by atoms with Crippen LogP contribution in [-0.4, -0.2) is 41.4 Å². The third-order valence-electron chi connectivity index (χ3n) is 5.88. The molecule has 2 aromatic carbocycles. The van der Waals surface area contributed by atoms with Crippen LogP contribution < -0.4 is 10.6 Å². The molecule has 36 heavy (non-hydrogen) atoms. The van der Waals surface area contributed by atoms with Gasteiger partial charge in [-0.2, -0.15) is 24.8 Å². The van der Waals surface area contributed by atoms with Gasteiger partial charge < -0.3 is 15.5 Å². The molecule has 2 N–H and O–H groups in total. The molecule has 3 amide bonds. The largest absolute Gasteiger partial charge is 0.408 e. The number of halogens is 4. The summed E-state index contributed by atoms with van der Waals surface area (Å²) in [5, 5.41) is 5.19. The molecule has 1 radical (unpaired) electrons. The quantitative estimate of drug-likeness (QED) is 0.255. The first kappa shape index (κ1) is 29.9. The van der Waals surface area contributed by atoms with E-state index in [0.717, 1.165) is 24.6 Å². The predicted molar refractivity (Wildman–Crippen MR) is 122 cm³/mol. The zero-order valence-electron chi connectivity index (χ0n) is 19.6. The monoisotopic (exact) mass is 657 g/mol. The Morgan fingerprint density at radius 1 is 1.11 bits per heavy atom. The maximum atomic E-state index is 13.4. The summed E-state index contributed by atoms with van der Waals surface area (Å²) in [5.74, 6) is -1.71. The molecule has 2 aromatic rings. The predicted octanol–water partition coefficient (Wildman–Crippen LogP) is 4.14. The topological polar surface area (TPSA) is 78.5 Å². The molecule has 199 valence electrons. The number of aryl methyl sites for hydroxylation is 1. The van der Waals surface area contributed by atoms with Crippen molar-refractivity contribution < 1.29 is 69.7 Å². The minimum atomic E-state index is -4.68. The standard InChI is InChI=1S/C25H26F4N3O3.Ho/c1-3-22(33)31-19-9-11-20-17(12-19)6-10-21(20)24(35)30-13-23(34)32(15(2)25(27,28)29)14-16-4-7-18(26)8-5-16;/h4-5,7-9,11-12,15H,3,6,10,13-14H2,1-2H3,(H,30,35)(H,31,33);/q-1;/t15-;/m0./s1. The van der Waals surface area contributed by atoms with Crippen LogP contribution in [0.2, 0.25) is 0 Å². The van der Waals surface area contributed by atoms with Crippen molar-refractivity contribution in [3.63, 3.8) is 0 Å². The van der Waals surface area contributed by atoms with Gasteiger partial charge in [-0.05, 0) is 24.6 Å². The molecule has 0 aliphatic heterocycles. The summed E-state index contributed by atoms with van der Waals surface area (Å²) in [5.41, 5.74) is 2.48. The number of nitrogens with one attached hydrogen (secondary N) is 2. The number of hydrogen-bond acceptors (Lipinski definition) is 3. The molecule has 1 atom stereocenters. The van der Waals surface area contributed by atoms with Crippen molar-refractivity contribution in [1.82, 2.24) is 10.2 Å². The molecule has 0 unspecified atom stereocenters. The molecule has 0 aromatic heterocycles. The minimum absolute atomic E-state index is 0. The smallest absolute Gasteiger partial charge is 0.354 e. The fourth-order valence-electron chi connectivity index (χ4n) is 3.82. The zero-order chi connectivity index (χ0) is 25.8. The molecule has 0 heterocycles. The fourth-order valence-corrected chi connectivity index (χ4v) is 3.82. The van der Waals surface area contributed by atoms with Crippen LogP contribution in [0.3, 0.4) is 0 Å². The second-order valence-corrected chi connectivity index (χ2v) is 8.30. The minimum Gasteiger partial charge on any atom is -0.354 e. The Morgan fingerprint density at radius 3 is 2.39 bits per heavy atom. The first-order valence-electron chi connectivity index (χ1n) is 11.2. The van der Waals surface area contributed by atoms with Crippen LogP contribution in [0.5, 0.6) is 0 Å². The first-order valence-corrected chi connectivity index (χ1v) is 11.2. The van der Waals surface area contributed by atoms with E-state index >= 15 is 0 Å². The van der Waals surface area contributed by atoms with Gasteiger partial charge in [-0.3, -0.25) is 14.4 Å². The number of carbonyl (C=O) groups excluding carboxylic acids is 3. The SMILES string of the molecule is CCC(=O)Nc1ccc2c(c1)CC[C-]2C(=O)NCC(=O)N(Cc1ccc(F)cc1)[C@@H](C)C(F)(F)F.[Ho]. The third kappa shape index (κ3) is 7.60. The number of benzene rings is 2. The fraction of sp³-hybridized carbons (Fsp3) is 0.360. The Kier molecular flexibility index (Phi) is 10.6. The Bertz CT molecular complexity index is 1090. The van der Waals surface area contributed by atoms with Gasteiger partial charge in [0, 0.05) is 56.4 Å². The Hall–Kier alpha value is -2.30. The first-order chi connectivity index (χ1) is 16.5. The maximum Gasteiger partial charge on any atom is 0.408 e. The van der Waals surface area contributed by atoms with E-state index in [1.165, 1.54) is 12.1 Å². The van der Waals surface area contributed by atoms with Gasteiger partial charge in [0.15, 0.2) is 5.91 Å². The summed E-state index contributed by atoms with van der Waals surface area (Å²) >= 11 is 0. The van der Waals surface area contributed by atoms with Crippen LogP contribution in [0.1, 0.15) is 43.4 Å². The molecule has 1 aliphatic rings. The Morgan fingerprint density at radius 2 is 1.78 bits per heavy atom. The van der Waals surface area contributed by atoms with E-state index in [4.69, 9.17) is 0 Å². The van der Waals surface area contributed by atoms with E-state index in [9.17, 15) is 31.9 Å². The molecule has 6 nitrogen and oxygen atoms in total. The normalized spacial score (nSPS) is 13.3. The van der Waals surface area contributed by atoms with Gasteiger partial charge in [0.25, 0.3) is 0 Å². The molecule has 11 heteroatoms. The summed E-state index contributed by atoms with van der Waals surface area (Å²) < 4.78 is 53.4. The van der Waals surface area contributed by atoms with E-state index < -0.39 is 36.4 Å². The van der Waals surface area contributed by atoms with Gasteiger partial charge in [-0.1, -0.05) is 49.9 Å². The van der Waals surface area contributed by atoms with Crippen molar-refractivity contribution in [1.29, 1.82) is 0 Å². The Labute approximate surface area is 236 Å². The molecule has 1 aliphatic carbocycles. The van der Waals surface area contributed by atoms with Gasteiger partial charge in [0.05, 0.1) is 6.54 Å². The summed E-state index contributed by atoms with van der Waals surface area (Å²) in [6.45, 7) is 1.59.